The minimum absolute atomic E-state index is 0.120. The fourth-order valence-corrected chi connectivity index (χ4v) is 4.04. The van der Waals surface area contributed by atoms with Crippen molar-refractivity contribution in [2.24, 2.45) is 0 Å². The lowest BCUT2D eigenvalue weighted by Gasteiger charge is -2.29. The van der Waals surface area contributed by atoms with Crippen molar-refractivity contribution in [3.63, 3.8) is 0 Å². The molecule has 2 unspecified atom stereocenters. The number of likely N-dealkylation sites (N-methyl/N-ethyl adjacent to an activating group) is 1. The van der Waals surface area contributed by atoms with Gasteiger partial charge in [0, 0.05) is 31.4 Å². The molecule has 18 heavy (non-hydrogen) atoms. The van der Waals surface area contributed by atoms with Crippen LogP contribution in [0.4, 0.5) is 0 Å². The smallest absolute Gasteiger partial charge is 0.150 e. The average molecular weight is 274 g/mol. The molecule has 106 valence electrons. The molecule has 2 atom stereocenters. The number of rotatable bonds is 6. The van der Waals surface area contributed by atoms with Crippen molar-refractivity contribution in [2.75, 3.05) is 26.4 Å². The summed E-state index contributed by atoms with van der Waals surface area (Å²) in [6.45, 7) is 2.05. The summed E-state index contributed by atoms with van der Waals surface area (Å²) in [5, 5.41) is 3.41. The van der Waals surface area contributed by atoms with E-state index in [-0.39, 0.29) is 5.25 Å². The number of nitrogens with zero attached hydrogens (tertiary/aromatic N) is 1. The normalized spacial score (nSPS) is 29.7. The SMILES string of the molecule is CN(CCNC1CCCC(S(C)(=O)=O)C1)C1CC1. The second kappa shape index (κ2) is 5.88. The van der Waals surface area contributed by atoms with Crippen LogP contribution in [-0.4, -0.2) is 57.0 Å². The Labute approximate surface area is 111 Å². The Hall–Kier alpha value is -0.130. The number of hydrogen-bond donors (Lipinski definition) is 1. The lowest BCUT2D eigenvalue weighted by molar-refractivity contribution is 0.299. The zero-order chi connectivity index (χ0) is 13.2. The predicted molar refractivity (Wildman–Crippen MR) is 74.5 cm³/mol. The molecular weight excluding hydrogens is 248 g/mol. The molecule has 2 rings (SSSR count). The Morgan fingerprint density at radius 3 is 2.56 bits per heavy atom. The lowest BCUT2D eigenvalue weighted by Crippen LogP contribution is -2.41. The van der Waals surface area contributed by atoms with E-state index in [9.17, 15) is 8.42 Å². The van der Waals surface area contributed by atoms with Crippen molar-refractivity contribution < 1.29 is 8.42 Å². The number of hydrogen-bond acceptors (Lipinski definition) is 4. The molecule has 0 saturated heterocycles. The second-order valence-corrected chi connectivity index (χ2v) is 8.31. The molecule has 0 aromatic rings. The molecular formula is C13H26N2O2S. The van der Waals surface area contributed by atoms with Crippen molar-refractivity contribution >= 4 is 9.84 Å². The molecule has 2 aliphatic carbocycles. The topological polar surface area (TPSA) is 49.4 Å². The van der Waals surface area contributed by atoms with Gasteiger partial charge in [-0.05, 0) is 39.2 Å². The van der Waals surface area contributed by atoms with Crippen LogP contribution in [0, 0.1) is 0 Å². The predicted octanol–water partition coefficient (Wildman–Crippen LogP) is 1.03. The third kappa shape index (κ3) is 4.21. The standard InChI is InChI=1S/C13H26N2O2S/c1-15(12-6-7-12)9-8-14-11-4-3-5-13(10-11)18(2,16)17/h11-14H,3-10H2,1-2H3. The van der Waals surface area contributed by atoms with Crippen molar-refractivity contribution in [2.45, 2.75) is 55.9 Å². The summed E-state index contributed by atoms with van der Waals surface area (Å²) >= 11 is 0. The van der Waals surface area contributed by atoms with Gasteiger partial charge in [0.2, 0.25) is 0 Å². The molecule has 0 aromatic heterocycles. The largest absolute Gasteiger partial charge is 0.313 e. The summed E-state index contributed by atoms with van der Waals surface area (Å²) in [5.74, 6) is 0. The molecule has 0 spiro atoms. The minimum atomic E-state index is -2.85. The van der Waals surface area contributed by atoms with Gasteiger partial charge in [-0.15, -0.1) is 0 Å². The first-order valence-corrected chi connectivity index (χ1v) is 9.05. The van der Waals surface area contributed by atoms with Crippen molar-refractivity contribution in [3.8, 4) is 0 Å². The van der Waals surface area contributed by atoms with Gasteiger partial charge < -0.3 is 10.2 Å². The van der Waals surface area contributed by atoms with E-state index in [0.29, 0.717) is 6.04 Å². The van der Waals surface area contributed by atoms with Crippen LogP contribution in [0.25, 0.3) is 0 Å². The third-order valence-electron chi connectivity index (χ3n) is 4.30. The Morgan fingerprint density at radius 2 is 1.94 bits per heavy atom. The highest BCUT2D eigenvalue weighted by atomic mass is 32.2. The highest BCUT2D eigenvalue weighted by molar-refractivity contribution is 7.91. The molecule has 0 aromatic carbocycles. The summed E-state index contributed by atoms with van der Waals surface area (Å²) < 4.78 is 23.2. The van der Waals surface area contributed by atoms with Crippen LogP contribution in [0.2, 0.25) is 0 Å². The summed E-state index contributed by atoms with van der Waals surface area (Å²) in [6.07, 6.45) is 7.87. The van der Waals surface area contributed by atoms with Gasteiger partial charge in [-0.3, -0.25) is 0 Å². The van der Waals surface area contributed by atoms with Crippen molar-refractivity contribution in [3.05, 3.63) is 0 Å². The van der Waals surface area contributed by atoms with Gasteiger partial charge in [0.25, 0.3) is 0 Å². The van der Waals surface area contributed by atoms with E-state index in [1.807, 2.05) is 0 Å². The summed E-state index contributed by atoms with van der Waals surface area (Å²) in [4.78, 5) is 2.41. The highest BCUT2D eigenvalue weighted by Crippen LogP contribution is 2.25. The molecule has 0 amide bonds. The van der Waals surface area contributed by atoms with Crippen LogP contribution in [0.15, 0.2) is 0 Å². The number of nitrogens with one attached hydrogen (secondary N) is 1. The zero-order valence-electron chi connectivity index (χ0n) is 11.6. The van der Waals surface area contributed by atoms with Gasteiger partial charge in [0.1, 0.15) is 9.84 Å². The minimum Gasteiger partial charge on any atom is -0.313 e. The van der Waals surface area contributed by atoms with Crippen LogP contribution in [-0.2, 0) is 9.84 Å². The molecule has 0 bridgehead atoms. The van der Waals surface area contributed by atoms with Crippen LogP contribution in [0.5, 0.6) is 0 Å². The Bertz CT molecular complexity index is 365. The molecule has 2 fully saturated rings. The van der Waals surface area contributed by atoms with Crippen molar-refractivity contribution in [1.82, 2.24) is 10.2 Å². The monoisotopic (exact) mass is 274 g/mol. The molecule has 0 heterocycles. The first-order chi connectivity index (χ1) is 8.47. The second-order valence-electron chi connectivity index (χ2n) is 5.98. The molecule has 0 aliphatic heterocycles. The van der Waals surface area contributed by atoms with Crippen LogP contribution in [0.1, 0.15) is 38.5 Å². The maximum absolute atomic E-state index is 11.6. The Balaban J connectivity index is 1.69. The molecule has 0 radical (unpaired) electrons. The molecule has 1 N–H and O–H groups in total. The summed E-state index contributed by atoms with van der Waals surface area (Å²) in [6, 6.07) is 1.20. The van der Waals surface area contributed by atoms with Gasteiger partial charge in [0.15, 0.2) is 0 Å². The molecule has 2 saturated carbocycles. The molecule has 4 nitrogen and oxygen atoms in total. The zero-order valence-corrected chi connectivity index (χ0v) is 12.4. The Morgan fingerprint density at radius 1 is 1.22 bits per heavy atom. The first-order valence-electron chi connectivity index (χ1n) is 7.09. The van der Waals surface area contributed by atoms with Crippen molar-refractivity contribution in [1.29, 1.82) is 0 Å². The molecule has 2 aliphatic rings. The first kappa shape index (κ1) is 14.3. The van der Waals surface area contributed by atoms with Gasteiger partial charge in [0.05, 0.1) is 5.25 Å². The quantitative estimate of drug-likeness (QED) is 0.786. The lowest BCUT2D eigenvalue weighted by atomic mass is 9.95. The van der Waals surface area contributed by atoms with Crippen LogP contribution < -0.4 is 5.32 Å². The van der Waals surface area contributed by atoms with Gasteiger partial charge in [-0.1, -0.05) is 6.42 Å². The molecule has 5 heteroatoms. The summed E-state index contributed by atoms with van der Waals surface area (Å²) in [5.41, 5.74) is 0. The fourth-order valence-electron chi connectivity index (χ4n) is 2.86. The maximum Gasteiger partial charge on any atom is 0.150 e. The summed E-state index contributed by atoms with van der Waals surface area (Å²) in [7, 11) is -0.674. The van der Waals surface area contributed by atoms with E-state index in [2.05, 4.69) is 17.3 Å². The Kier molecular flexibility index (Phi) is 4.67. The van der Waals surface area contributed by atoms with E-state index in [4.69, 9.17) is 0 Å². The number of sulfone groups is 1. The van der Waals surface area contributed by atoms with E-state index < -0.39 is 9.84 Å². The fraction of sp³-hybridized carbons (Fsp3) is 1.00. The van der Waals surface area contributed by atoms with E-state index in [1.54, 1.807) is 0 Å². The van der Waals surface area contributed by atoms with Crippen LogP contribution >= 0.6 is 0 Å². The van der Waals surface area contributed by atoms with E-state index >= 15 is 0 Å². The van der Waals surface area contributed by atoms with Gasteiger partial charge >= 0.3 is 0 Å². The highest BCUT2D eigenvalue weighted by Gasteiger charge is 2.29. The van der Waals surface area contributed by atoms with E-state index in [1.165, 1.54) is 19.1 Å². The van der Waals surface area contributed by atoms with Crippen LogP contribution in [0.3, 0.4) is 0 Å². The van der Waals surface area contributed by atoms with Gasteiger partial charge in [-0.25, -0.2) is 8.42 Å². The maximum atomic E-state index is 11.6. The van der Waals surface area contributed by atoms with Gasteiger partial charge in [-0.2, -0.15) is 0 Å². The van der Waals surface area contributed by atoms with E-state index in [0.717, 1.165) is 44.8 Å². The average Bonchev–Trinajstić information content (AvgIpc) is 3.12. The third-order valence-corrected chi connectivity index (χ3v) is 5.94.